The fourth-order valence-electron chi connectivity index (χ4n) is 3.24. The number of rotatable bonds is 5. The third kappa shape index (κ3) is 5.21. The van der Waals surface area contributed by atoms with Gasteiger partial charge in [-0.3, -0.25) is 9.69 Å². The van der Waals surface area contributed by atoms with Crippen LogP contribution in [-0.2, 0) is 17.9 Å². The third-order valence-corrected chi connectivity index (χ3v) is 5.32. The van der Waals surface area contributed by atoms with Gasteiger partial charge in [0.05, 0.1) is 16.0 Å². The molecule has 2 aromatic carbocycles. The van der Waals surface area contributed by atoms with Gasteiger partial charge in [0.2, 0.25) is 5.91 Å². The van der Waals surface area contributed by atoms with E-state index >= 15 is 0 Å². The number of carbonyl (C=O) groups is 1. The molecule has 1 amide bonds. The van der Waals surface area contributed by atoms with Gasteiger partial charge in [-0.25, -0.2) is 0 Å². The molecule has 0 aromatic heterocycles. The lowest BCUT2D eigenvalue weighted by Gasteiger charge is -2.32. The van der Waals surface area contributed by atoms with Crippen LogP contribution in [0.3, 0.4) is 0 Å². The number of hydrogen-bond acceptors (Lipinski definition) is 2. The number of hydrogen-bond donors (Lipinski definition) is 1. The first-order valence-corrected chi connectivity index (χ1v) is 9.35. The van der Waals surface area contributed by atoms with Crippen LogP contribution in [0.1, 0.15) is 24.0 Å². The van der Waals surface area contributed by atoms with Crippen LogP contribution < -0.4 is 5.32 Å². The van der Waals surface area contributed by atoms with E-state index in [0.717, 1.165) is 43.6 Å². The Morgan fingerprint density at radius 1 is 1.08 bits per heavy atom. The van der Waals surface area contributed by atoms with Crippen molar-refractivity contribution < 1.29 is 4.79 Å². The van der Waals surface area contributed by atoms with Crippen molar-refractivity contribution in [1.29, 1.82) is 0 Å². The van der Waals surface area contributed by atoms with Crippen LogP contribution in [0.2, 0.25) is 10.0 Å². The lowest BCUT2D eigenvalue weighted by Crippen LogP contribution is -2.42. The second-order valence-electron chi connectivity index (χ2n) is 6.53. The number of nitrogens with one attached hydrogen (secondary N) is 1. The summed E-state index contributed by atoms with van der Waals surface area (Å²) in [6.45, 7) is 3.16. The highest BCUT2D eigenvalue weighted by molar-refractivity contribution is 6.42. The van der Waals surface area contributed by atoms with Gasteiger partial charge in [0.1, 0.15) is 0 Å². The summed E-state index contributed by atoms with van der Waals surface area (Å²) in [6, 6.07) is 15.7. The van der Waals surface area contributed by atoms with E-state index in [2.05, 4.69) is 10.2 Å². The fourth-order valence-corrected chi connectivity index (χ4v) is 3.56. The smallest absolute Gasteiger partial charge is 0.224 e. The average Bonchev–Trinajstić information content (AvgIpc) is 2.64. The number of nitrogens with zero attached hydrogens (tertiary/aromatic N) is 1. The number of amides is 1. The lowest BCUT2D eigenvalue weighted by molar-refractivity contribution is -0.126. The predicted octanol–water partition coefficient (Wildman–Crippen LogP) is 4.52. The van der Waals surface area contributed by atoms with Gasteiger partial charge in [0, 0.05) is 19.6 Å². The molecule has 1 saturated heterocycles. The van der Waals surface area contributed by atoms with Crippen LogP contribution in [-0.4, -0.2) is 23.9 Å². The average molecular weight is 377 g/mol. The quantitative estimate of drug-likeness (QED) is 0.831. The first kappa shape index (κ1) is 18.2. The monoisotopic (exact) mass is 376 g/mol. The SMILES string of the molecule is O=C(NCc1ccccc1)C1CCCN(Cc2ccc(Cl)c(Cl)c2)C1. The maximum atomic E-state index is 12.5. The minimum atomic E-state index is 0.0419. The molecular weight excluding hydrogens is 355 g/mol. The Bertz CT molecular complexity index is 721. The van der Waals surface area contributed by atoms with E-state index in [1.165, 1.54) is 0 Å². The summed E-state index contributed by atoms with van der Waals surface area (Å²) < 4.78 is 0. The van der Waals surface area contributed by atoms with Gasteiger partial charge in [-0.05, 0) is 42.6 Å². The highest BCUT2D eigenvalue weighted by Crippen LogP contribution is 2.25. The van der Waals surface area contributed by atoms with E-state index in [9.17, 15) is 4.79 Å². The standard InChI is InChI=1S/C20H22Cl2N2O/c21-18-9-8-16(11-19(18)22)13-24-10-4-7-17(14-24)20(25)23-12-15-5-2-1-3-6-15/h1-3,5-6,8-9,11,17H,4,7,10,12-14H2,(H,23,25). The minimum Gasteiger partial charge on any atom is -0.352 e. The number of halogens is 2. The number of carbonyl (C=O) groups excluding carboxylic acids is 1. The van der Waals surface area contributed by atoms with Gasteiger partial charge in [-0.2, -0.15) is 0 Å². The fraction of sp³-hybridized carbons (Fsp3) is 0.350. The van der Waals surface area contributed by atoms with Crippen molar-refractivity contribution in [2.24, 2.45) is 5.92 Å². The van der Waals surface area contributed by atoms with Crippen LogP contribution in [0.15, 0.2) is 48.5 Å². The summed E-state index contributed by atoms with van der Waals surface area (Å²) in [5, 5.41) is 4.21. The van der Waals surface area contributed by atoms with Crippen molar-refractivity contribution in [3.05, 3.63) is 69.7 Å². The van der Waals surface area contributed by atoms with Crippen molar-refractivity contribution in [1.82, 2.24) is 10.2 Å². The summed E-state index contributed by atoms with van der Waals surface area (Å²) in [4.78, 5) is 14.8. The molecule has 1 fully saturated rings. The van der Waals surface area contributed by atoms with Gasteiger partial charge < -0.3 is 5.32 Å². The van der Waals surface area contributed by atoms with Gasteiger partial charge >= 0.3 is 0 Å². The van der Waals surface area contributed by atoms with E-state index in [0.29, 0.717) is 16.6 Å². The summed E-state index contributed by atoms with van der Waals surface area (Å²) >= 11 is 12.1. The molecule has 3 nitrogen and oxygen atoms in total. The zero-order chi connectivity index (χ0) is 17.6. The van der Waals surface area contributed by atoms with Crippen LogP contribution in [0.5, 0.6) is 0 Å². The van der Waals surface area contributed by atoms with Crippen LogP contribution in [0, 0.1) is 5.92 Å². The number of benzene rings is 2. The molecule has 0 saturated carbocycles. The highest BCUT2D eigenvalue weighted by atomic mass is 35.5. The van der Waals surface area contributed by atoms with E-state index in [-0.39, 0.29) is 11.8 Å². The van der Waals surface area contributed by atoms with E-state index < -0.39 is 0 Å². The molecule has 5 heteroatoms. The van der Waals surface area contributed by atoms with Crippen molar-refractivity contribution in [3.63, 3.8) is 0 Å². The second-order valence-corrected chi connectivity index (χ2v) is 7.34. The Kier molecular flexibility index (Phi) is 6.35. The summed E-state index contributed by atoms with van der Waals surface area (Å²) in [5.74, 6) is 0.183. The lowest BCUT2D eigenvalue weighted by atomic mass is 9.96. The molecule has 1 unspecified atom stereocenters. The second kappa shape index (κ2) is 8.70. The molecule has 3 rings (SSSR count). The van der Waals surface area contributed by atoms with Gasteiger partial charge in [0.15, 0.2) is 0 Å². The Morgan fingerprint density at radius 2 is 1.88 bits per heavy atom. The number of piperidine rings is 1. The Morgan fingerprint density at radius 3 is 2.64 bits per heavy atom. The molecule has 1 N–H and O–H groups in total. The van der Waals surface area contributed by atoms with Gasteiger partial charge in [-0.1, -0.05) is 59.6 Å². The first-order chi connectivity index (χ1) is 12.1. The maximum absolute atomic E-state index is 12.5. The summed E-state index contributed by atoms with van der Waals surface area (Å²) in [7, 11) is 0. The summed E-state index contributed by atoms with van der Waals surface area (Å²) in [6.07, 6.45) is 1.98. The number of likely N-dealkylation sites (tertiary alicyclic amines) is 1. The molecule has 1 aliphatic heterocycles. The maximum Gasteiger partial charge on any atom is 0.224 e. The zero-order valence-electron chi connectivity index (χ0n) is 14.1. The Hall–Kier alpha value is -1.55. The topological polar surface area (TPSA) is 32.3 Å². The molecule has 132 valence electrons. The van der Waals surface area contributed by atoms with Crippen LogP contribution in [0.25, 0.3) is 0 Å². The molecular formula is C20H22Cl2N2O. The summed E-state index contributed by atoms with van der Waals surface area (Å²) in [5.41, 5.74) is 2.25. The molecule has 2 aromatic rings. The predicted molar refractivity (Wildman–Crippen MR) is 103 cm³/mol. The molecule has 0 spiro atoms. The van der Waals surface area contributed by atoms with Crippen LogP contribution >= 0.6 is 23.2 Å². The zero-order valence-corrected chi connectivity index (χ0v) is 15.6. The molecule has 0 radical (unpaired) electrons. The van der Waals surface area contributed by atoms with Gasteiger partial charge in [-0.15, -0.1) is 0 Å². The van der Waals surface area contributed by atoms with Crippen molar-refractivity contribution >= 4 is 29.1 Å². The van der Waals surface area contributed by atoms with E-state index in [1.54, 1.807) is 0 Å². The Labute approximate surface area is 158 Å². The van der Waals surface area contributed by atoms with Crippen molar-refractivity contribution in [2.45, 2.75) is 25.9 Å². The molecule has 25 heavy (non-hydrogen) atoms. The van der Waals surface area contributed by atoms with Crippen molar-refractivity contribution in [3.8, 4) is 0 Å². The molecule has 0 aliphatic carbocycles. The van der Waals surface area contributed by atoms with Crippen molar-refractivity contribution in [2.75, 3.05) is 13.1 Å². The molecule has 1 atom stereocenters. The Balaban J connectivity index is 1.53. The third-order valence-electron chi connectivity index (χ3n) is 4.58. The van der Waals surface area contributed by atoms with Crippen LogP contribution in [0.4, 0.5) is 0 Å². The normalized spacial score (nSPS) is 18.1. The van der Waals surface area contributed by atoms with E-state index in [1.807, 2.05) is 48.5 Å². The molecule has 0 bridgehead atoms. The van der Waals surface area contributed by atoms with E-state index in [4.69, 9.17) is 23.2 Å². The highest BCUT2D eigenvalue weighted by Gasteiger charge is 2.25. The minimum absolute atomic E-state index is 0.0419. The van der Waals surface area contributed by atoms with Gasteiger partial charge in [0.25, 0.3) is 0 Å². The largest absolute Gasteiger partial charge is 0.352 e. The molecule has 1 heterocycles. The molecule has 1 aliphatic rings. The first-order valence-electron chi connectivity index (χ1n) is 8.60.